The summed E-state index contributed by atoms with van der Waals surface area (Å²) in [6.07, 6.45) is 4.32. The lowest BCUT2D eigenvalue weighted by atomic mass is 9.62. The molecule has 1 aliphatic carbocycles. The van der Waals surface area contributed by atoms with E-state index in [1.54, 1.807) is 30.7 Å². The van der Waals surface area contributed by atoms with E-state index in [4.69, 9.17) is 9.47 Å². The molecule has 0 aromatic heterocycles. The Morgan fingerprint density at radius 2 is 1.74 bits per heavy atom. The highest BCUT2D eigenvalue weighted by Crippen LogP contribution is 2.53. The van der Waals surface area contributed by atoms with Gasteiger partial charge in [0.25, 0.3) is 0 Å². The largest absolute Gasteiger partial charge is 0.493 e. The third-order valence-corrected chi connectivity index (χ3v) is 8.90. The van der Waals surface area contributed by atoms with Crippen LogP contribution in [0.25, 0.3) is 0 Å². The molecule has 166 valence electrons. The normalized spacial score (nSPS) is 26.3. The molecule has 3 atom stereocenters. The van der Waals surface area contributed by atoms with Crippen LogP contribution in [0.1, 0.15) is 36.8 Å². The number of nitrogens with zero attached hydrogens (tertiary/aromatic N) is 1. The highest BCUT2D eigenvalue weighted by Gasteiger charge is 2.59. The molecule has 7 heteroatoms. The van der Waals surface area contributed by atoms with Crippen molar-refractivity contribution < 1.29 is 22.7 Å². The van der Waals surface area contributed by atoms with E-state index in [-0.39, 0.29) is 17.5 Å². The van der Waals surface area contributed by atoms with Crippen LogP contribution in [0, 0.1) is 12.8 Å². The van der Waals surface area contributed by atoms with Gasteiger partial charge in [-0.2, -0.15) is 4.31 Å². The lowest BCUT2D eigenvalue weighted by molar-refractivity contribution is -0.112. The Morgan fingerprint density at radius 1 is 1.03 bits per heavy atom. The molecule has 6 nitrogen and oxygen atoms in total. The van der Waals surface area contributed by atoms with Crippen molar-refractivity contribution in [1.82, 2.24) is 4.31 Å². The summed E-state index contributed by atoms with van der Waals surface area (Å²) in [7, 11) is -0.562. The summed E-state index contributed by atoms with van der Waals surface area (Å²) in [5, 5.41) is 0. The third kappa shape index (κ3) is 3.44. The maximum atomic E-state index is 13.6. The Morgan fingerprint density at radius 3 is 2.39 bits per heavy atom. The van der Waals surface area contributed by atoms with Gasteiger partial charge < -0.3 is 14.3 Å². The molecule has 0 spiro atoms. The number of rotatable bonds is 6. The van der Waals surface area contributed by atoms with Crippen molar-refractivity contribution in [2.75, 3.05) is 20.8 Å². The first kappa shape index (κ1) is 21.8. The Kier molecular flexibility index (Phi) is 5.83. The van der Waals surface area contributed by atoms with Crippen LogP contribution < -0.4 is 9.47 Å². The predicted octanol–water partition coefficient (Wildman–Crippen LogP) is 3.71. The Labute approximate surface area is 184 Å². The molecule has 1 aliphatic heterocycles. The SMILES string of the molecule is COc1ccc([C@@]23CCCC[C@@H]2N(S(=O)(=O)c2ccc(C)cc2)C[C@@H]3C=O)cc1OC. The van der Waals surface area contributed by atoms with Crippen LogP contribution in [-0.4, -0.2) is 45.8 Å². The molecule has 0 radical (unpaired) electrons. The number of carbonyl (C=O) groups excluding carboxylic acids is 1. The zero-order valence-electron chi connectivity index (χ0n) is 18.2. The lowest BCUT2D eigenvalue weighted by Crippen LogP contribution is -2.48. The summed E-state index contributed by atoms with van der Waals surface area (Å²) in [5.74, 6) is 0.777. The number of aldehydes is 1. The van der Waals surface area contributed by atoms with Gasteiger partial charge in [0.2, 0.25) is 10.0 Å². The zero-order valence-corrected chi connectivity index (χ0v) is 19.0. The van der Waals surface area contributed by atoms with Crippen LogP contribution in [-0.2, 0) is 20.2 Å². The Balaban J connectivity index is 1.83. The van der Waals surface area contributed by atoms with Crippen LogP contribution in [0.4, 0.5) is 0 Å². The van der Waals surface area contributed by atoms with Gasteiger partial charge in [-0.25, -0.2) is 8.42 Å². The maximum absolute atomic E-state index is 13.6. The molecule has 2 aromatic rings. The summed E-state index contributed by atoms with van der Waals surface area (Å²) in [4.78, 5) is 12.6. The second-order valence-electron chi connectivity index (χ2n) is 8.50. The molecule has 2 aliphatic rings. The van der Waals surface area contributed by atoms with Gasteiger partial charge >= 0.3 is 0 Å². The van der Waals surface area contributed by atoms with Crippen molar-refractivity contribution in [3.63, 3.8) is 0 Å². The van der Waals surface area contributed by atoms with E-state index in [0.29, 0.717) is 11.5 Å². The molecule has 1 heterocycles. The van der Waals surface area contributed by atoms with E-state index in [1.165, 1.54) is 0 Å². The minimum absolute atomic E-state index is 0.193. The van der Waals surface area contributed by atoms with E-state index < -0.39 is 21.4 Å². The zero-order chi connectivity index (χ0) is 22.2. The van der Waals surface area contributed by atoms with Crippen LogP contribution >= 0.6 is 0 Å². The van der Waals surface area contributed by atoms with Crippen LogP contribution in [0.3, 0.4) is 0 Å². The summed E-state index contributed by atoms with van der Waals surface area (Å²) < 4.78 is 39.7. The average Bonchev–Trinajstić information content (AvgIpc) is 3.15. The first-order chi connectivity index (χ1) is 14.9. The molecule has 1 saturated heterocycles. The van der Waals surface area contributed by atoms with Gasteiger partial charge in [-0.05, 0) is 49.6 Å². The fourth-order valence-electron chi connectivity index (χ4n) is 5.45. The van der Waals surface area contributed by atoms with Crippen LogP contribution in [0.15, 0.2) is 47.4 Å². The molecule has 0 bridgehead atoms. The Bertz CT molecular complexity index is 1070. The molecule has 2 aromatic carbocycles. The molecule has 31 heavy (non-hydrogen) atoms. The molecular formula is C24H29NO5S. The second-order valence-corrected chi connectivity index (χ2v) is 10.4. The number of aryl methyl sites for hydroxylation is 1. The molecule has 1 saturated carbocycles. The summed E-state index contributed by atoms with van der Waals surface area (Å²) in [5.41, 5.74) is 1.37. The highest BCUT2D eigenvalue weighted by atomic mass is 32.2. The number of benzene rings is 2. The van der Waals surface area contributed by atoms with Crippen molar-refractivity contribution >= 4 is 16.3 Å². The standard InChI is InChI=1S/C24H29NO5S/c1-17-7-10-20(11-8-17)31(27,28)25-15-19(16-26)24(13-5-4-6-23(24)25)18-9-12-21(29-2)22(14-18)30-3/h7-12,14,16,19,23H,4-6,13,15H2,1-3H3/t19-,23+,24-/m1/s1. The Hall–Kier alpha value is -2.38. The second kappa shape index (κ2) is 8.28. The maximum Gasteiger partial charge on any atom is 0.243 e. The van der Waals surface area contributed by atoms with Crippen LogP contribution in [0.2, 0.25) is 0 Å². The van der Waals surface area contributed by atoms with Crippen molar-refractivity contribution in [1.29, 1.82) is 0 Å². The highest BCUT2D eigenvalue weighted by molar-refractivity contribution is 7.89. The number of fused-ring (bicyclic) bond motifs is 1. The van der Waals surface area contributed by atoms with E-state index in [2.05, 4.69) is 0 Å². The van der Waals surface area contributed by atoms with Crippen molar-refractivity contribution in [3.8, 4) is 11.5 Å². The van der Waals surface area contributed by atoms with Gasteiger partial charge in [0.15, 0.2) is 11.5 Å². The number of hydrogen-bond acceptors (Lipinski definition) is 5. The molecule has 0 N–H and O–H groups in total. The first-order valence-corrected chi connectivity index (χ1v) is 12.1. The fraction of sp³-hybridized carbons (Fsp3) is 0.458. The van der Waals surface area contributed by atoms with E-state index in [1.807, 2.05) is 37.3 Å². The van der Waals surface area contributed by atoms with E-state index in [0.717, 1.165) is 43.1 Å². The first-order valence-electron chi connectivity index (χ1n) is 10.6. The molecule has 4 rings (SSSR count). The number of hydrogen-bond donors (Lipinski definition) is 0. The number of carbonyl (C=O) groups is 1. The van der Waals surface area contributed by atoms with Crippen LogP contribution in [0.5, 0.6) is 11.5 Å². The summed E-state index contributed by atoms with van der Waals surface area (Å²) in [6, 6.07) is 12.4. The molecule has 2 fully saturated rings. The minimum atomic E-state index is -3.72. The monoisotopic (exact) mass is 443 g/mol. The van der Waals surface area contributed by atoms with Gasteiger partial charge in [0.05, 0.1) is 19.1 Å². The predicted molar refractivity (Wildman–Crippen MR) is 118 cm³/mol. The average molecular weight is 444 g/mol. The minimum Gasteiger partial charge on any atom is -0.493 e. The van der Waals surface area contributed by atoms with Gasteiger partial charge in [-0.15, -0.1) is 0 Å². The number of sulfonamides is 1. The van der Waals surface area contributed by atoms with Crippen molar-refractivity contribution in [2.45, 2.75) is 49.0 Å². The van der Waals surface area contributed by atoms with Gasteiger partial charge in [-0.1, -0.05) is 36.6 Å². The number of methoxy groups -OCH3 is 2. The van der Waals surface area contributed by atoms with Gasteiger partial charge in [0, 0.05) is 23.9 Å². The van der Waals surface area contributed by atoms with E-state index >= 15 is 0 Å². The third-order valence-electron chi connectivity index (χ3n) is 7.01. The molecular weight excluding hydrogens is 414 g/mol. The van der Waals surface area contributed by atoms with Gasteiger partial charge in [0.1, 0.15) is 6.29 Å². The van der Waals surface area contributed by atoms with Gasteiger partial charge in [-0.3, -0.25) is 0 Å². The topological polar surface area (TPSA) is 72.9 Å². The van der Waals surface area contributed by atoms with Crippen molar-refractivity contribution in [2.24, 2.45) is 5.92 Å². The quantitative estimate of drug-likeness (QED) is 0.637. The smallest absolute Gasteiger partial charge is 0.243 e. The van der Waals surface area contributed by atoms with Crippen molar-refractivity contribution in [3.05, 3.63) is 53.6 Å². The summed E-state index contributed by atoms with van der Waals surface area (Å²) in [6.45, 7) is 2.12. The lowest BCUT2D eigenvalue weighted by Gasteiger charge is -2.43. The van der Waals surface area contributed by atoms with E-state index in [9.17, 15) is 13.2 Å². The molecule has 0 amide bonds. The fourth-order valence-corrected chi connectivity index (χ4v) is 7.19. The number of ether oxygens (including phenoxy) is 2. The molecule has 0 unspecified atom stereocenters. The summed E-state index contributed by atoms with van der Waals surface area (Å²) >= 11 is 0.